The first-order chi connectivity index (χ1) is 2.27. The number of hydrogen-bond donors (Lipinski definition) is 2. The van der Waals surface area contributed by atoms with Gasteiger partial charge in [0.05, 0.1) is 0 Å². The van der Waals surface area contributed by atoms with Crippen molar-refractivity contribution in [2.24, 2.45) is 5.84 Å². The maximum atomic E-state index is 4.68. The number of hydrazine groups is 1. The average molecular weight is 146 g/mol. The van der Waals surface area contributed by atoms with E-state index in [4.69, 9.17) is 0 Å². The van der Waals surface area contributed by atoms with Crippen molar-refractivity contribution < 1.29 is 51.4 Å². The predicted octanol–water partition coefficient (Wildman–Crippen LogP) is -3.71. The van der Waals surface area contributed by atoms with Gasteiger partial charge in [-0.05, 0) is 0 Å². The second-order valence-electron chi connectivity index (χ2n) is 0.432. The summed E-state index contributed by atoms with van der Waals surface area (Å²) in [6, 6.07) is 0. The Kier molecular flexibility index (Phi) is 11.9. The van der Waals surface area contributed by atoms with E-state index in [1.54, 1.807) is 0 Å². The van der Waals surface area contributed by atoms with Crippen LogP contribution >= 0.6 is 12.2 Å². The van der Waals surface area contributed by atoms with E-state index in [1.807, 2.05) is 0 Å². The van der Waals surface area contributed by atoms with Gasteiger partial charge in [0.25, 0.3) is 0 Å². The van der Waals surface area contributed by atoms with Gasteiger partial charge < -0.3 is 30.3 Å². The van der Waals surface area contributed by atoms with Gasteiger partial charge in [0.2, 0.25) is 0 Å². The third kappa shape index (κ3) is 9.20. The summed E-state index contributed by atoms with van der Waals surface area (Å²) in [4.78, 5) is 0. The minimum atomic E-state index is 0. The Morgan fingerprint density at radius 2 is 2.00 bits per heavy atom. The maximum absolute atomic E-state index is 4.68. The number of nitrogens with two attached hydrogens (primary N) is 1. The van der Waals surface area contributed by atoms with E-state index >= 15 is 0 Å². The first-order valence-electron chi connectivity index (χ1n) is 0.947. The molecule has 0 aliphatic heterocycles. The van der Waals surface area contributed by atoms with E-state index in [9.17, 15) is 0 Å². The molecule has 0 heterocycles. The summed E-state index contributed by atoms with van der Waals surface area (Å²) in [6.45, 7) is 0. The van der Waals surface area contributed by atoms with Crippen molar-refractivity contribution in [1.82, 2.24) is 5.43 Å². The van der Waals surface area contributed by atoms with Gasteiger partial charge in [-0.25, -0.2) is 0 Å². The molecule has 0 rings (SSSR count). The van der Waals surface area contributed by atoms with E-state index < -0.39 is 0 Å². The molecule has 30 valence electrons. The van der Waals surface area contributed by atoms with E-state index in [0.717, 1.165) is 0 Å². The summed E-state index contributed by atoms with van der Waals surface area (Å²) in [6.07, 6.45) is 0. The normalized spacial score (nSPS) is 5.50. The third-order valence-electron chi connectivity index (χ3n) is 0.118. The summed E-state index contributed by atoms with van der Waals surface area (Å²) >= 11 is 8.55. The van der Waals surface area contributed by atoms with Gasteiger partial charge >= 0.3 is 51.4 Å². The van der Waals surface area contributed by atoms with Crippen LogP contribution in [-0.2, 0) is 12.6 Å². The van der Waals surface area contributed by atoms with Crippen LogP contribution in [-0.4, -0.2) is 4.32 Å². The molecule has 0 saturated carbocycles. The second kappa shape index (κ2) is 6.71. The zero-order chi connectivity index (χ0) is 4.28. The smallest absolute Gasteiger partial charge is 0.410 e. The SMILES string of the molecule is NNC(=S)[S-].[K+]. The number of thiocarbonyl (C=S) groups is 1. The molecule has 0 aromatic carbocycles. The van der Waals surface area contributed by atoms with Crippen molar-refractivity contribution in [3.05, 3.63) is 0 Å². The van der Waals surface area contributed by atoms with Crippen LogP contribution in [0.15, 0.2) is 0 Å². The minimum Gasteiger partial charge on any atom is -0.410 e. The molecule has 5 heteroatoms. The van der Waals surface area contributed by atoms with E-state index in [0.29, 0.717) is 0 Å². The van der Waals surface area contributed by atoms with Crippen LogP contribution in [0.25, 0.3) is 0 Å². The van der Waals surface area contributed by atoms with Crippen molar-refractivity contribution in [1.29, 1.82) is 0 Å². The first-order valence-corrected chi connectivity index (χ1v) is 1.76. The zero-order valence-corrected chi connectivity index (χ0v) is 8.15. The standard InChI is InChI=1S/CH4N2S2.K/c2-3-1(4)5;/h2H2,(H2,3,4,5);/q;+1/p-1. The van der Waals surface area contributed by atoms with E-state index in [2.05, 4.69) is 36.1 Å². The summed E-state index contributed by atoms with van der Waals surface area (Å²) in [5.41, 5.74) is 2.07. The molecule has 0 fully saturated rings. The first kappa shape index (κ1) is 10.6. The van der Waals surface area contributed by atoms with Gasteiger partial charge in [-0.1, -0.05) is 4.32 Å². The van der Waals surface area contributed by atoms with Crippen molar-refractivity contribution in [2.75, 3.05) is 0 Å². The Balaban J connectivity index is 0. The second-order valence-corrected chi connectivity index (χ2v) is 1.51. The molecule has 0 aromatic heterocycles. The minimum absolute atomic E-state index is 0. The quantitative estimate of drug-likeness (QED) is 0.121. The van der Waals surface area contributed by atoms with Crippen LogP contribution in [0.2, 0.25) is 0 Å². The summed E-state index contributed by atoms with van der Waals surface area (Å²) in [5.74, 6) is 4.68. The molecule has 0 bridgehead atoms. The van der Waals surface area contributed by atoms with Crippen LogP contribution in [0.4, 0.5) is 0 Å². The van der Waals surface area contributed by atoms with E-state index in [-0.39, 0.29) is 55.7 Å². The topological polar surface area (TPSA) is 38.0 Å². The van der Waals surface area contributed by atoms with Gasteiger partial charge in [-0.2, -0.15) is 0 Å². The van der Waals surface area contributed by atoms with Gasteiger partial charge in [-0.3, -0.25) is 5.84 Å². The van der Waals surface area contributed by atoms with Crippen molar-refractivity contribution in [3.63, 3.8) is 0 Å². The fourth-order valence-corrected chi connectivity index (χ4v) is 0. The fraction of sp³-hybridized carbons (Fsp3) is 0. The monoisotopic (exact) mass is 146 g/mol. The van der Waals surface area contributed by atoms with Crippen LogP contribution < -0.4 is 62.7 Å². The molecule has 0 radical (unpaired) electrons. The van der Waals surface area contributed by atoms with Crippen LogP contribution in [0.5, 0.6) is 0 Å². The molecular weight excluding hydrogens is 143 g/mol. The van der Waals surface area contributed by atoms with Gasteiger partial charge in [0.1, 0.15) is 0 Å². The number of nitrogens with one attached hydrogen (secondary N) is 1. The molecule has 0 atom stereocenters. The summed E-state index contributed by atoms with van der Waals surface area (Å²) < 4.78 is 0.199. The Hall–Kier alpha value is 1.71. The van der Waals surface area contributed by atoms with Gasteiger partial charge in [-0.15, -0.1) is 0 Å². The molecule has 6 heavy (non-hydrogen) atoms. The molecule has 0 unspecified atom stereocenters. The predicted molar refractivity (Wildman–Crippen MR) is 27.3 cm³/mol. The van der Waals surface area contributed by atoms with Gasteiger partial charge in [0, 0.05) is 0 Å². The molecule has 3 N–H and O–H groups in total. The van der Waals surface area contributed by atoms with Crippen molar-refractivity contribution in [2.45, 2.75) is 0 Å². The van der Waals surface area contributed by atoms with E-state index in [1.165, 1.54) is 0 Å². The van der Waals surface area contributed by atoms with Crippen LogP contribution in [0.3, 0.4) is 0 Å². The number of hydrogen-bond acceptors (Lipinski definition) is 3. The van der Waals surface area contributed by atoms with Crippen LogP contribution in [0, 0.1) is 0 Å². The van der Waals surface area contributed by atoms with Crippen LogP contribution in [0.1, 0.15) is 0 Å². The Bertz CT molecular complexity index is 46.8. The fourth-order valence-electron chi connectivity index (χ4n) is 0. The van der Waals surface area contributed by atoms with Gasteiger partial charge in [0.15, 0.2) is 0 Å². The molecular formula is CH3KN2S2. The third-order valence-corrected chi connectivity index (χ3v) is 0.354. The Morgan fingerprint density at radius 3 is 2.00 bits per heavy atom. The average Bonchev–Trinajstić information content (AvgIpc) is 1.38. The summed E-state index contributed by atoms with van der Waals surface area (Å²) in [5, 5.41) is 0. The zero-order valence-electron chi connectivity index (χ0n) is 3.39. The summed E-state index contributed by atoms with van der Waals surface area (Å²) in [7, 11) is 0. The Labute approximate surface area is 90.0 Å². The Morgan fingerprint density at radius 1 is 1.83 bits per heavy atom. The largest absolute Gasteiger partial charge is 1.00 e. The van der Waals surface area contributed by atoms with Crippen molar-refractivity contribution in [3.8, 4) is 0 Å². The molecule has 0 spiro atoms. The molecule has 0 aliphatic rings. The molecule has 0 aliphatic carbocycles. The van der Waals surface area contributed by atoms with Crippen molar-refractivity contribution >= 4 is 29.2 Å². The molecule has 0 amide bonds. The molecule has 0 aromatic rings. The molecule has 0 saturated heterocycles. The molecule has 2 nitrogen and oxygen atoms in total. The maximum Gasteiger partial charge on any atom is 1.00 e. The number of rotatable bonds is 0.